The predicted octanol–water partition coefficient (Wildman–Crippen LogP) is 2.36. The van der Waals surface area contributed by atoms with Gasteiger partial charge in [-0.3, -0.25) is 9.78 Å². The molecular formula is C14H21N3O3. The molecule has 0 aromatic carbocycles. The van der Waals surface area contributed by atoms with Crippen molar-refractivity contribution in [3.05, 3.63) is 24.0 Å². The molecule has 110 valence electrons. The van der Waals surface area contributed by atoms with Gasteiger partial charge in [-0.2, -0.15) is 0 Å². The summed E-state index contributed by atoms with van der Waals surface area (Å²) in [6.07, 6.45) is 2.17. The molecule has 20 heavy (non-hydrogen) atoms. The third-order valence-corrected chi connectivity index (χ3v) is 3.49. The van der Waals surface area contributed by atoms with Crippen LogP contribution < -0.4 is 5.32 Å². The molecule has 0 aliphatic rings. The number of pyridine rings is 1. The maximum Gasteiger partial charge on any atom is 0.322 e. The van der Waals surface area contributed by atoms with Crippen LogP contribution in [0.25, 0.3) is 0 Å². The van der Waals surface area contributed by atoms with Crippen molar-refractivity contribution in [1.82, 2.24) is 9.88 Å². The number of amides is 2. The van der Waals surface area contributed by atoms with Gasteiger partial charge in [-0.05, 0) is 32.4 Å². The number of anilines is 1. The Balaban J connectivity index is 2.69. The smallest absolute Gasteiger partial charge is 0.322 e. The second-order valence-corrected chi connectivity index (χ2v) is 5.26. The third kappa shape index (κ3) is 4.22. The van der Waals surface area contributed by atoms with Crippen LogP contribution in [0.2, 0.25) is 0 Å². The summed E-state index contributed by atoms with van der Waals surface area (Å²) in [6, 6.07) is 3.02. The fourth-order valence-corrected chi connectivity index (χ4v) is 1.48. The molecule has 0 saturated carbocycles. The molecule has 0 fully saturated rings. The van der Waals surface area contributed by atoms with Crippen LogP contribution in [0.3, 0.4) is 0 Å². The van der Waals surface area contributed by atoms with E-state index < -0.39 is 5.97 Å². The lowest BCUT2D eigenvalue weighted by molar-refractivity contribution is -0.136. The standard InChI is InChI=1S/C14H21N3O3/c1-5-14(2,3)17(4)13(20)16-11-7-6-10(15-9-11)8-12(18)19/h6-7,9H,5,8H2,1-4H3,(H,16,20)(H,18,19). The average Bonchev–Trinajstić information content (AvgIpc) is 2.39. The van der Waals surface area contributed by atoms with E-state index in [1.807, 2.05) is 20.8 Å². The number of carbonyl (C=O) groups is 2. The van der Waals surface area contributed by atoms with E-state index in [0.29, 0.717) is 11.4 Å². The van der Waals surface area contributed by atoms with E-state index in [0.717, 1.165) is 6.42 Å². The zero-order chi connectivity index (χ0) is 15.3. The van der Waals surface area contributed by atoms with E-state index in [4.69, 9.17) is 5.11 Å². The predicted molar refractivity (Wildman–Crippen MR) is 76.7 cm³/mol. The molecule has 0 atom stereocenters. The SMILES string of the molecule is CCC(C)(C)N(C)C(=O)Nc1ccc(CC(=O)O)nc1. The van der Waals surface area contributed by atoms with Crippen LogP contribution in [0.1, 0.15) is 32.9 Å². The lowest BCUT2D eigenvalue weighted by Gasteiger charge is -2.34. The summed E-state index contributed by atoms with van der Waals surface area (Å²) in [5.74, 6) is -0.932. The van der Waals surface area contributed by atoms with E-state index >= 15 is 0 Å². The van der Waals surface area contributed by atoms with E-state index in [1.165, 1.54) is 6.20 Å². The highest BCUT2D eigenvalue weighted by molar-refractivity contribution is 5.89. The highest BCUT2D eigenvalue weighted by Crippen LogP contribution is 2.18. The van der Waals surface area contributed by atoms with Gasteiger partial charge in [-0.25, -0.2) is 4.79 Å². The Morgan fingerprint density at radius 1 is 1.40 bits per heavy atom. The van der Waals surface area contributed by atoms with Crippen molar-refractivity contribution in [2.24, 2.45) is 0 Å². The number of hydrogen-bond donors (Lipinski definition) is 2. The van der Waals surface area contributed by atoms with Gasteiger partial charge in [0.1, 0.15) is 0 Å². The molecule has 1 aromatic heterocycles. The molecule has 1 heterocycles. The van der Waals surface area contributed by atoms with Gasteiger partial charge in [0, 0.05) is 12.6 Å². The monoisotopic (exact) mass is 279 g/mol. The van der Waals surface area contributed by atoms with E-state index in [9.17, 15) is 9.59 Å². The molecule has 1 aromatic rings. The third-order valence-electron chi connectivity index (χ3n) is 3.49. The first kappa shape index (κ1) is 15.9. The van der Waals surface area contributed by atoms with Crippen molar-refractivity contribution in [2.75, 3.05) is 12.4 Å². The molecule has 6 nitrogen and oxygen atoms in total. The number of hydrogen-bond acceptors (Lipinski definition) is 3. The fourth-order valence-electron chi connectivity index (χ4n) is 1.48. The Hall–Kier alpha value is -2.11. The molecule has 2 N–H and O–H groups in total. The summed E-state index contributed by atoms with van der Waals surface area (Å²) in [5.41, 5.74) is 0.765. The van der Waals surface area contributed by atoms with Gasteiger partial charge >= 0.3 is 12.0 Å². The number of nitrogens with zero attached hydrogens (tertiary/aromatic N) is 2. The molecule has 1 rings (SSSR count). The largest absolute Gasteiger partial charge is 0.481 e. The lowest BCUT2D eigenvalue weighted by Crippen LogP contribution is -2.46. The minimum atomic E-state index is -0.932. The molecule has 6 heteroatoms. The summed E-state index contributed by atoms with van der Waals surface area (Å²) in [7, 11) is 1.74. The fraction of sp³-hybridized carbons (Fsp3) is 0.500. The van der Waals surface area contributed by atoms with Crippen molar-refractivity contribution in [3.63, 3.8) is 0 Å². The molecule has 0 spiro atoms. The summed E-state index contributed by atoms with van der Waals surface area (Å²) >= 11 is 0. The Kier molecular flexibility index (Phi) is 5.07. The molecule has 0 saturated heterocycles. The maximum atomic E-state index is 12.1. The molecule has 2 amide bonds. The Bertz CT molecular complexity index is 483. The molecule has 0 unspecified atom stereocenters. The minimum Gasteiger partial charge on any atom is -0.481 e. The number of nitrogens with one attached hydrogen (secondary N) is 1. The van der Waals surface area contributed by atoms with Gasteiger partial charge in [-0.15, -0.1) is 0 Å². The van der Waals surface area contributed by atoms with E-state index in [-0.39, 0.29) is 18.0 Å². The minimum absolute atomic E-state index is 0.128. The van der Waals surface area contributed by atoms with Crippen molar-refractivity contribution in [3.8, 4) is 0 Å². The van der Waals surface area contributed by atoms with Gasteiger partial charge in [-0.1, -0.05) is 6.92 Å². The number of rotatable bonds is 5. The van der Waals surface area contributed by atoms with Crippen LogP contribution >= 0.6 is 0 Å². The van der Waals surface area contributed by atoms with Gasteiger partial charge < -0.3 is 15.3 Å². The highest BCUT2D eigenvalue weighted by Gasteiger charge is 2.25. The summed E-state index contributed by atoms with van der Waals surface area (Å²) in [4.78, 5) is 28.3. The first-order valence-electron chi connectivity index (χ1n) is 6.48. The average molecular weight is 279 g/mol. The van der Waals surface area contributed by atoms with E-state index in [2.05, 4.69) is 10.3 Å². The Morgan fingerprint density at radius 2 is 2.05 bits per heavy atom. The van der Waals surface area contributed by atoms with Gasteiger partial charge in [0.2, 0.25) is 0 Å². The van der Waals surface area contributed by atoms with Crippen LogP contribution in [0.5, 0.6) is 0 Å². The Labute approximate surface area is 118 Å². The maximum absolute atomic E-state index is 12.1. The number of aromatic nitrogens is 1. The van der Waals surface area contributed by atoms with Crippen LogP contribution in [0.4, 0.5) is 10.5 Å². The second-order valence-electron chi connectivity index (χ2n) is 5.26. The normalized spacial score (nSPS) is 11.0. The van der Waals surface area contributed by atoms with Gasteiger partial charge in [0.15, 0.2) is 0 Å². The van der Waals surface area contributed by atoms with Crippen LogP contribution in [0, 0.1) is 0 Å². The van der Waals surface area contributed by atoms with Crippen molar-refractivity contribution < 1.29 is 14.7 Å². The molecule has 0 aliphatic carbocycles. The van der Waals surface area contributed by atoms with Crippen LogP contribution in [0.15, 0.2) is 18.3 Å². The number of urea groups is 1. The number of aliphatic carboxylic acids is 1. The lowest BCUT2D eigenvalue weighted by atomic mass is 10.0. The van der Waals surface area contributed by atoms with Crippen molar-refractivity contribution in [2.45, 2.75) is 39.2 Å². The molecule has 0 aliphatic heterocycles. The molecule has 0 radical (unpaired) electrons. The highest BCUT2D eigenvalue weighted by atomic mass is 16.4. The first-order valence-corrected chi connectivity index (χ1v) is 6.48. The Morgan fingerprint density at radius 3 is 2.50 bits per heavy atom. The van der Waals surface area contributed by atoms with Crippen LogP contribution in [-0.4, -0.2) is 39.6 Å². The summed E-state index contributed by atoms with van der Waals surface area (Å²) in [5, 5.41) is 11.4. The zero-order valence-electron chi connectivity index (χ0n) is 12.3. The zero-order valence-corrected chi connectivity index (χ0v) is 12.3. The molecular weight excluding hydrogens is 258 g/mol. The number of carboxylic acid groups (broad SMARTS) is 1. The summed E-state index contributed by atoms with van der Waals surface area (Å²) < 4.78 is 0. The first-order chi connectivity index (χ1) is 9.26. The quantitative estimate of drug-likeness (QED) is 0.866. The van der Waals surface area contributed by atoms with E-state index in [1.54, 1.807) is 24.1 Å². The topological polar surface area (TPSA) is 82.5 Å². The van der Waals surface area contributed by atoms with Crippen molar-refractivity contribution in [1.29, 1.82) is 0 Å². The summed E-state index contributed by atoms with van der Waals surface area (Å²) in [6.45, 7) is 5.99. The van der Waals surface area contributed by atoms with Crippen molar-refractivity contribution >= 4 is 17.7 Å². The van der Waals surface area contributed by atoms with Gasteiger partial charge in [0.05, 0.1) is 24.0 Å². The number of carbonyl (C=O) groups excluding carboxylic acids is 1. The van der Waals surface area contributed by atoms with Crippen LogP contribution in [-0.2, 0) is 11.2 Å². The molecule has 0 bridgehead atoms. The number of carboxylic acids is 1. The van der Waals surface area contributed by atoms with Gasteiger partial charge in [0.25, 0.3) is 0 Å². The second kappa shape index (κ2) is 6.36.